The largest absolute Gasteiger partial charge is 0.305 e. The number of hydrogen-bond acceptors (Lipinski definition) is 4. The fourth-order valence-corrected chi connectivity index (χ4v) is 5.74. The first-order valence-corrected chi connectivity index (χ1v) is 10.0. The Morgan fingerprint density at radius 2 is 1.95 bits per heavy atom. The van der Waals surface area contributed by atoms with Gasteiger partial charge in [-0.3, -0.25) is 4.90 Å². The van der Waals surface area contributed by atoms with Gasteiger partial charge in [0, 0.05) is 18.1 Å². The molecule has 4 nitrogen and oxygen atoms in total. The van der Waals surface area contributed by atoms with Gasteiger partial charge in [-0.05, 0) is 45.3 Å². The van der Waals surface area contributed by atoms with E-state index in [0.717, 1.165) is 13.1 Å². The summed E-state index contributed by atoms with van der Waals surface area (Å²) in [5, 5.41) is 3.58. The van der Waals surface area contributed by atoms with Gasteiger partial charge in [0.15, 0.2) is 9.84 Å². The summed E-state index contributed by atoms with van der Waals surface area (Å²) in [6, 6.07) is 8.78. The van der Waals surface area contributed by atoms with Crippen molar-refractivity contribution in [3.63, 3.8) is 0 Å². The second-order valence-corrected chi connectivity index (χ2v) is 8.95. The molecule has 122 valence electrons. The molecule has 2 aliphatic heterocycles. The van der Waals surface area contributed by atoms with E-state index in [-0.39, 0.29) is 23.9 Å². The molecular formula is C17H26N2O2S. The molecular weight excluding hydrogens is 296 g/mol. The smallest absolute Gasteiger partial charge is 0.153 e. The molecule has 2 heterocycles. The Balaban J connectivity index is 1.74. The normalized spacial score (nSPS) is 29.7. The number of aryl methyl sites for hydroxylation is 1. The molecule has 0 radical (unpaired) electrons. The molecule has 0 spiro atoms. The van der Waals surface area contributed by atoms with Gasteiger partial charge in [0.05, 0.1) is 11.5 Å². The third-order valence-electron chi connectivity index (χ3n) is 4.94. The fourth-order valence-electron chi connectivity index (χ4n) is 3.78. The minimum absolute atomic E-state index is 0.0404. The van der Waals surface area contributed by atoms with Gasteiger partial charge in [0.1, 0.15) is 0 Å². The lowest BCUT2D eigenvalue weighted by atomic mass is 10.0. The van der Waals surface area contributed by atoms with Crippen LogP contribution < -0.4 is 5.32 Å². The number of likely N-dealkylation sites (tertiary alicyclic amines) is 1. The van der Waals surface area contributed by atoms with Gasteiger partial charge < -0.3 is 5.32 Å². The number of benzene rings is 1. The second-order valence-electron chi connectivity index (χ2n) is 6.80. The molecule has 0 aromatic heterocycles. The van der Waals surface area contributed by atoms with Crippen LogP contribution in [0.2, 0.25) is 0 Å². The van der Waals surface area contributed by atoms with Crippen LogP contribution in [-0.2, 0) is 9.84 Å². The third-order valence-corrected chi connectivity index (χ3v) is 6.65. The lowest BCUT2D eigenvalue weighted by Crippen LogP contribution is -2.49. The average Bonchev–Trinajstić information content (AvgIpc) is 3.06. The highest BCUT2D eigenvalue weighted by Gasteiger charge is 2.41. The zero-order valence-electron chi connectivity index (χ0n) is 13.5. The zero-order chi connectivity index (χ0) is 15.7. The standard InChI is InChI=1S/C17H26N2O2S/c1-13-6-5-7-15(10-13)14(2)18-16-11-22(20,21)12-17(16)19-8-3-4-9-19/h5-7,10,14,16-18H,3-4,8-9,11-12H2,1-2H3. The van der Waals surface area contributed by atoms with E-state index in [0.29, 0.717) is 5.75 Å². The Bertz CT molecular complexity index is 623. The van der Waals surface area contributed by atoms with Gasteiger partial charge in [-0.25, -0.2) is 8.42 Å². The fraction of sp³-hybridized carbons (Fsp3) is 0.647. The maximum atomic E-state index is 12.1. The molecule has 0 bridgehead atoms. The molecule has 3 unspecified atom stereocenters. The van der Waals surface area contributed by atoms with Crippen LogP contribution in [0.1, 0.15) is 36.9 Å². The number of nitrogens with zero attached hydrogens (tertiary/aromatic N) is 1. The maximum absolute atomic E-state index is 12.1. The highest BCUT2D eigenvalue weighted by Crippen LogP contribution is 2.25. The van der Waals surface area contributed by atoms with Crippen molar-refractivity contribution in [2.45, 2.75) is 44.8 Å². The summed E-state index contributed by atoms with van der Waals surface area (Å²) < 4.78 is 24.2. The molecule has 3 rings (SSSR count). The van der Waals surface area contributed by atoms with E-state index in [9.17, 15) is 8.42 Å². The average molecular weight is 322 g/mol. The van der Waals surface area contributed by atoms with Gasteiger partial charge in [0.2, 0.25) is 0 Å². The molecule has 22 heavy (non-hydrogen) atoms. The van der Waals surface area contributed by atoms with Crippen LogP contribution in [0.5, 0.6) is 0 Å². The van der Waals surface area contributed by atoms with Crippen LogP contribution in [0.3, 0.4) is 0 Å². The van der Waals surface area contributed by atoms with E-state index in [4.69, 9.17) is 0 Å². The van der Waals surface area contributed by atoms with Crippen molar-refractivity contribution < 1.29 is 8.42 Å². The lowest BCUT2D eigenvalue weighted by molar-refractivity contribution is 0.219. The van der Waals surface area contributed by atoms with Crippen molar-refractivity contribution in [1.29, 1.82) is 0 Å². The molecule has 1 N–H and O–H groups in total. The molecule has 2 fully saturated rings. The van der Waals surface area contributed by atoms with E-state index >= 15 is 0 Å². The summed E-state index contributed by atoms with van der Waals surface area (Å²) in [4.78, 5) is 2.37. The Labute approximate surface area is 133 Å². The SMILES string of the molecule is Cc1cccc(C(C)NC2CS(=O)(=O)CC2N2CCCC2)c1. The second kappa shape index (κ2) is 6.30. The molecule has 5 heteroatoms. The van der Waals surface area contributed by atoms with Crippen molar-refractivity contribution in [2.75, 3.05) is 24.6 Å². The van der Waals surface area contributed by atoms with Gasteiger partial charge in [-0.15, -0.1) is 0 Å². The van der Waals surface area contributed by atoms with Crippen LogP contribution in [-0.4, -0.2) is 50.0 Å². The first kappa shape index (κ1) is 16.0. The highest BCUT2D eigenvalue weighted by atomic mass is 32.2. The molecule has 0 aliphatic carbocycles. The maximum Gasteiger partial charge on any atom is 0.153 e. The van der Waals surface area contributed by atoms with Crippen LogP contribution >= 0.6 is 0 Å². The summed E-state index contributed by atoms with van der Waals surface area (Å²) in [6.45, 7) is 6.29. The summed E-state index contributed by atoms with van der Waals surface area (Å²) in [5.74, 6) is 0.579. The van der Waals surface area contributed by atoms with Gasteiger partial charge in [0.25, 0.3) is 0 Å². The number of rotatable bonds is 4. The Kier molecular flexibility index (Phi) is 4.57. The summed E-state index contributed by atoms with van der Waals surface area (Å²) in [6.07, 6.45) is 2.38. The van der Waals surface area contributed by atoms with Crippen LogP contribution in [0.4, 0.5) is 0 Å². The van der Waals surface area contributed by atoms with Gasteiger partial charge in [-0.1, -0.05) is 29.8 Å². The van der Waals surface area contributed by atoms with E-state index in [1.54, 1.807) is 0 Å². The number of hydrogen-bond donors (Lipinski definition) is 1. The monoisotopic (exact) mass is 322 g/mol. The van der Waals surface area contributed by atoms with Crippen molar-refractivity contribution in [1.82, 2.24) is 10.2 Å². The van der Waals surface area contributed by atoms with E-state index in [2.05, 4.69) is 48.3 Å². The molecule has 1 aromatic rings. The molecule has 3 atom stereocenters. The van der Waals surface area contributed by atoms with Crippen molar-refractivity contribution in [3.05, 3.63) is 35.4 Å². The number of sulfone groups is 1. The number of nitrogens with one attached hydrogen (secondary N) is 1. The zero-order valence-corrected chi connectivity index (χ0v) is 14.3. The first-order chi connectivity index (χ1) is 10.4. The predicted octanol–water partition coefficient (Wildman–Crippen LogP) is 1.91. The summed E-state index contributed by atoms with van der Waals surface area (Å²) in [5.41, 5.74) is 2.46. The molecule has 0 saturated carbocycles. The van der Waals surface area contributed by atoms with Crippen LogP contribution in [0.25, 0.3) is 0 Å². The predicted molar refractivity (Wildman–Crippen MR) is 89.8 cm³/mol. The van der Waals surface area contributed by atoms with Gasteiger partial charge in [-0.2, -0.15) is 0 Å². The quantitative estimate of drug-likeness (QED) is 0.920. The minimum Gasteiger partial charge on any atom is -0.305 e. The summed E-state index contributed by atoms with van der Waals surface area (Å²) >= 11 is 0. The van der Waals surface area contributed by atoms with E-state index in [1.165, 1.54) is 24.0 Å². The van der Waals surface area contributed by atoms with E-state index in [1.807, 2.05) is 0 Å². The van der Waals surface area contributed by atoms with Gasteiger partial charge >= 0.3 is 0 Å². The van der Waals surface area contributed by atoms with Crippen molar-refractivity contribution >= 4 is 9.84 Å². The Hall–Kier alpha value is -0.910. The third kappa shape index (κ3) is 3.53. The summed E-state index contributed by atoms with van der Waals surface area (Å²) in [7, 11) is -2.92. The van der Waals surface area contributed by atoms with Crippen LogP contribution in [0.15, 0.2) is 24.3 Å². The van der Waals surface area contributed by atoms with Crippen molar-refractivity contribution in [3.8, 4) is 0 Å². The first-order valence-electron chi connectivity index (χ1n) is 8.22. The topological polar surface area (TPSA) is 49.4 Å². The molecule has 0 amide bonds. The Morgan fingerprint density at radius 1 is 1.23 bits per heavy atom. The Morgan fingerprint density at radius 3 is 2.64 bits per heavy atom. The highest BCUT2D eigenvalue weighted by molar-refractivity contribution is 7.91. The van der Waals surface area contributed by atoms with Crippen LogP contribution in [0, 0.1) is 6.92 Å². The van der Waals surface area contributed by atoms with E-state index < -0.39 is 9.84 Å². The van der Waals surface area contributed by atoms with Crippen molar-refractivity contribution in [2.24, 2.45) is 0 Å². The minimum atomic E-state index is -2.92. The molecule has 2 aliphatic rings. The molecule has 2 saturated heterocycles. The lowest BCUT2D eigenvalue weighted by Gasteiger charge is -2.30. The molecule has 1 aromatic carbocycles.